The van der Waals surface area contributed by atoms with E-state index in [1.807, 2.05) is 0 Å². The van der Waals surface area contributed by atoms with E-state index in [1.165, 1.54) is 12.3 Å². The minimum Gasteiger partial charge on any atom is -0.476 e. The molecule has 1 aromatic rings. The molecule has 0 saturated heterocycles. The Balaban J connectivity index is 3.07. The summed E-state index contributed by atoms with van der Waals surface area (Å²) >= 11 is 0. The molecule has 1 N–H and O–H groups in total. The Labute approximate surface area is 116 Å². The number of nitrogens with zero attached hydrogens (tertiary/aromatic N) is 3. The highest BCUT2D eigenvalue weighted by Crippen LogP contribution is 2.12. The van der Waals surface area contributed by atoms with Crippen molar-refractivity contribution in [2.75, 3.05) is 6.26 Å². The molecule has 0 spiro atoms. The second-order valence-corrected chi connectivity index (χ2v) is 7.14. The molecule has 9 heteroatoms. The molecule has 0 radical (unpaired) electrons. The molecule has 1 rings (SSSR count). The Morgan fingerprint density at radius 1 is 1.30 bits per heavy atom. The summed E-state index contributed by atoms with van der Waals surface area (Å²) in [7, 11) is -3.14. The normalized spacial score (nSPS) is 14.2. The maximum absolute atomic E-state index is 12.2. The van der Waals surface area contributed by atoms with E-state index in [0.29, 0.717) is 0 Å². The Hall–Kier alpha value is -2.03. The van der Waals surface area contributed by atoms with Gasteiger partial charge in [0.2, 0.25) is 0 Å². The molecule has 8 nitrogen and oxygen atoms in total. The monoisotopic (exact) mass is 301 g/mol. The minimum absolute atomic E-state index is 0.0895. The summed E-state index contributed by atoms with van der Waals surface area (Å²) in [6.07, 6.45) is 0.218. The van der Waals surface area contributed by atoms with Gasteiger partial charge in [-0.1, -0.05) is 0 Å². The van der Waals surface area contributed by atoms with Gasteiger partial charge in [0.05, 0.1) is 0 Å². The van der Waals surface area contributed by atoms with Crippen molar-refractivity contribution in [3.8, 4) is 0 Å². The molecule has 0 aliphatic rings. The fourth-order valence-corrected chi connectivity index (χ4v) is 2.03. The smallest absolute Gasteiger partial charge is 0.442 e. The van der Waals surface area contributed by atoms with Gasteiger partial charge in [0, 0.05) is 6.26 Å². The summed E-state index contributed by atoms with van der Waals surface area (Å²) in [6, 6.07) is 2.34. The molecule has 1 aromatic heterocycles. The van der Waals surface area contributed by atoms with Gasteiger partial charge in [0.15, 0.2) is 10.7 Å². The van der Waals surface area contributed by atoms with Crippen LogP contribution >= 0.6 is 0 Å². The first kappa shape index (κ1) is 16.0. The molecule has 0 aromatic carbocycles. The largest absolute Gasteiger partial charge is 0.476 e. The van der Waals surface area contributed by atoms with Crippen LogP contribution in [0.3, 0.4) is 0 Å². The van der Waals surface area contributed by atoms with Crippen molar-refractivity contribution in [1.29, 1.82) is 0 Å². The molecule has 110 valence electrons. The average Bonchev–Trinajstić information content (AvgIpc) is 2.25. The van der Waals surface area contributed by atoms with E-state index in [4.69, 9.17) is 9.84 Å². The lowest BCUT2D eigenvalue weighted by atomic mass is 10.2. The summed E-state index contributed by atoms with van der Waals surface area (Å²) in [5.74, 6) is -1.25. The quantitative estimate of drug-likeness (QED) is 0.880. The summed E-state index contributed by atoms with van der Waals surface area (Å²) in [4.78, 5) is 22.1. The summed E-state index contributed by atoms with van der Waals surface area (Å²) in [5.41, 5.74) is -1.05. The fourth-order valence-electron chi connectivity index (χ4n) is 1.11. The first-order valence-electron chi connectivity index (χ1n) is 5.53. The van der Waals surface area contributed by atoms with Crippen molar-refractivity contribution in [3.05, 3.63) is 17.8 Å². The molecule has 20 heavy (non-hydrogen) atoms. The molecule has 1 atom stereocenters. The zero-order valence-electron chi connectivity index (χ0n) is 11.5. The Kier molecular flexibility index (Phi) is 4.43. The maximum Gasteiger partial charge on any atom is 0.442 e. The van der Waals surface area contributed by atoms with Crippen LogP contribution in [0.5, 0.6) is 0 Å². The van der Waals surface area contributed by atoms with Gasteiger partial charge in [-0.15, -0.1) is 14.6 Å². The van der Waals surface area contributed by atoms with Crippen molar-refractivity contribution in [2.45, 2.75) is 31.4 Å². The minimum atomic E-state index is -3.14. The Morgan fingerprint density at radius 2 is 1.90 bits per heavy atom. The third kappa shape index (κ3) is 4.57. The van der Waals surface area contributed by atoms with Gasteiger partial charge < -0.3 is 9.84 Å². The van der Waals surface area contributed by atoms with Crippen LogP contribution in [0.15, 0.2) is 21.5 Å². The van der Waals surface area contributed by atoms with Gasteiger partial charge in [0.25, 0.3) is 0 Å². The zero-order valence-corrected chi connectivity index (χ0v) is 12.3. The van der Waals surface area contributed by atoms with Gasteiger partial charge in [-0.2, -0.15) is 0 Å². The van der Waals surface area contributed by atoms with Gasteiger partial charge in [-0.25, -0.2) is 13.8 Å². The highest BCUT2D eigenvalue weighted by Gasteiger charge is 2.19. The van der Waals surface area contributed by atoms with Crippen molar-refractivity contribution >= 4 is 21.8 Å². The van der Waals surface area contributed by atoms with Gasteiger partial charge >= 0.3 is 12.1 Å². The lowest BCUT2D eigenvalue weighted by molar-refractivity contribution is 0.0606. The number of carbonyl (C=O) groups excluding carboxylic acids is 1. The number of carboxylic acids is 1. The average molecular weight is 301 g/mol. The van der Waals surface area contributed by atoms with E-state index >= 15 is 0 Å². The number of carbonyl (C=O) groups is 2. The van der Waals surface area contributed by atoms with Gasteiger partial charge in [-0.05, 0) is 32.9 Å². The van der Waals surface area contributed by atoms with Crippen molar-refractivity contribution in [1.82, 2.24) is 10.2 Å². The second-order valence-electron chi connectivity index (χ2n) is 4.94. The lowest BCUT2D eigenvalue weighted by Gasteiger charge is -2.17. The molecule has 0 aliphatic carbocycles. The van der Waals surface area contributed by atoms with E-state index in [2.05, 4.69) is 14.6 Å². The van der Waals surface area contributed by atoms with Crippen molar-refractivity contribution in [2.24, 2.45) is 4.36 Å². The number of hydrogen-bond acceptors (Lipinski definition) is 6. The fraction of sp³-hybridized carbons (Fsp3) is 0.455. The molecule has 1 unspecified atom stereocenters. The number of aromatic carboxylic acids is 1. The summed E-state index contributed by atoms with van der Waals surface area (Å²) in [6.45, 7) is 4.96. The standard InChI is InChI=1S/C11H15N3O5S/c1-11(2,3)19-10(17)14-20(4,18)8-6-5-7(9(15)16)12-13-8/h5-6H,1-4H3,(H,15,16). The van der Waals surface area contributed by atoms with Gasteiger partial charge in [-0.3, -0.25) is 0 Å². The van der Waals surface area contributed by atoms with Crippen LogP contribution in [0.25, 0.3) is 0 Å². The number of carboxylic acid groups (broad SMARTS) is 1. The number of hydrogen-bond donors (Lipinski definition) is 1. The highest BCUT2D eigenvalue weighted by atomic mass is 32.2. The first-order chi connectivity index (χ1) is 9.01. The van der Waals surface area contributed by atoms with Crippen LogP contribution in [0.1, 0.15) is 31.3 Å². The van der Waals surface area contributed by atoms with Crippen LogP contribution in [-0.2, 0) is 14.5 Å². The maximum atomic E-state index is 12.2. The van der Waals surface area contributed by atoms with E-state index in [0.717, 1.165) is 6.07 Å². The topological polar surface area (TPSA) is 119 Å². The molecular formula is C11H15N3O5S. The van der Waals surface area contributed by atoms with E-state index in [1.54, 1.807) is 20.8 Å². The Bertz CT molecular complexity index is 639. The molecule has 0 aliphatic heterocycles. The predicted octanol–water partition coefficient (Wildman–Crippen LogP) is 1.57. The van der Waals surface area contributed by atoms with Crippen molar-refractivity contribution < 1.29 is 23.6 Å². The third-order valence-electron chi connectivity index (χ3n) is 1.89. The number of aromatic nitrogens is 2. The van der Waals surface area contributed by atoms with Crippen LogP contribution in [-0.4, -0.2) is 43.4 Å². The molecule has 0 bridgehead atoms. The number of ether oxygens (including phenoxy) is 1. The number of amides is 1. The van der Waals surface area contributed by atoms with Crippen LogP contribution < -0.4 is 0 Å². The van der Waals surface area contributed by atoms with Crippen LogP contribution in [0, 0.1) is 0 Å². The van der Waals surface area contributed by atoms with E-state index in [-0.39, 0.29) is 10.7 Å². The zero-order chi connectivity index (χ0) is 15.6. The second kappa shape index (κ2) is 5.53. The molecule has 1 heterocycles. The van der Waals surface area contributed by atoms with Crippen molar-refractivity contribution in [3.63, 3.8) is 0 Å². The summed E-state index contributed by atoms with van der Waals surface area (Å²) < 4.78 is 20.6. The van der Waals surface area contributed by atoms with Crippen LogP contribution in [0.2, 0.25) is 0 Å². The van der Waals surface area contributed by atoms with E-state index in [9.17, 15) is 13.8 Å². The molecular weight excluding hydrogens is 286 g/mol. The van der Waals surface area contributed by atoms with Crippen LogP contribution in [0.4, 0.5) is 4.79 Å². The molecule has 0 saturated carbocycles. The third-order valence-corrected chi connectivity index (χ3v) is 3.38. The first-order valence-corrected chi connectivity index (χ1v) is 7.46. The highest BCUT2D eigenvalue weighted by molar-refractivity contribution is 7.93. The SMILES string of the molecule is CC(C)(C)OC(=O)N=S(C)(=O)c1ccc(C(=O)O)nn1. The summed E-state index contributed by atoms with van der Waals surface area (Å²) in [5, 5.41) is 15.5. The predicted molar refractivity (Wildman–Crippen MR) is 70.0 cm³/mol. The van der Waals surface area contributed by atoms with Gasteiger partial charge in [0.1, 0.15) is 15.3 Å². The molecule has 0 fully saturated rings. The van der Waals surface area contributed by atoms with E-state index < -0.39 is 27.4 Å². The molecule has 1 amide bonds. The lowest BCUT2D eigenvalue weighted by Crippen LogP contribution is -2.22. The number of rotatable bonds is 2. The Morgan fingerprint density at radius 3 is 2.30 bits per heavy atom.